The number of rotatable bonds is 5. The van der Waals surface area contributed by atoms with E-state index in [1.165, 1.54) is 30.0 Å². The number of thioether (sulfide) groups is 1. The number of tetrazole rings is 1. The van der Waals surface area contributed by atoms with Crippen LogP contribution in [0.4, 0.5) is 11.4 Å². The number of carbonyl (C=O) groups is 1. The first-order valence-electron chi connectivity index (χ1n) is 7.17. The zero-order valence-corrected chi connectivity index (χ0v) is 15.7. The van der Waals surface area contributed by atoms with E-state index in [0.717, 1.165) is 0 Å². The third kappa shape index (κ3) is 3.73. The van der Waals surface area contributed by atoms with Crippen molar-refractivity contribution in [3.8, 4) is 5.69 Å². The fraction of sp³-hybridized carbons (Fsp3) is 0.0667. The average molecular weight is 435 g/mol. The summed E-state index contributed by atoms with van der Waals surface area (Å²) < 4.78 is 1.86. The second-order valence-corrected chi connectivity index (χ2v) is 6.63. The van der Waals surface area contributed by atoms with Crippen LogP contribution in [0.25, 0.3) is 5.69 Å². The summed E-state index contributed by atoms with van der Waals surface area (Å²) in [6, 6.07) is 11.2. The Balaban J connectivity index is 1.86. The molecular formula is C15H11BrN6O3S. The van der Waals surface area contributed by atoms with Gasteiger partial charge in [-0.1, -0.05) is 17.8 Å². The molecule has 1 amide bonds. The van der Waals surface area contributed by atoms with E-state index in [2.05, 4.69) is 36.8 Å². The van der Waals surface area contributed by atoms with Crippen LogP contribution in [-0.2, 0) is 0 Å². The fourth-order valence-corrected chi connectivity index (χ4v) is 3.01. The van der Waals surface area contributed by atoms with Crippen molar-refractivity contribution in [3.63, 3.8) is 0 Å². The molecule has 2 aromatic carbocycles. The SMILES string of the molecule is CSc1nnnn1-c1cccc(NC(=O)c2ccc(Br)c([N+](=O)[O-])c2)c1. The molecule has 0 spiro atoms. The first-order valence-corrected chi connectivity index (χ1v) is 9.19. The standard InChI is InChI=1S/C15H11BrN6O3S/c1-26-15-18-19-20-21(15)11-4-2-3-10(8-11)17-14(23)9-5-6-12(16)13(7-9)22(24)25/h2-8H,1H3,(H,17,23). The molecule has 0 bridgehead atoms. The van der Waals surface area contributed by atoms with Crippen molar-refractivity contribution in [2.75, 3.05) is 11.6 Å². The maximum Gasteiger partial charge on any atom is 0.284 e. The molecule has 11 heteroatoms. The van der Waals surface area contributed by atoms with Gasteiger partial charge in [-0.15, -0.1) is 5.10 Å². The molecule has 1 aromatic heterocycles. The summed E-state index contributed by atoms with van der Waals surface area (Å²) in [5, 5.41) is 25.8. The van der Waals surface area contributed by atoms with E-state index in [1.807, 2.05) is 6.26 Å². The largest absolute Gasteiger partial charge is 0.322 e. The average Bonchev–Trinajstić information content (AvgIpc) is 3.10. The minimum Gasteiger partial charge on any atom is -0.322 e. The van der Waals surface area contributed by atoms with Crippen LogP contribution in [-0.4, -0.2) is 37.3 Å². The van der Waals surface area contributed by atoms with Crippen LogP contribution in [0.5, 0.6) is 0 Å². The maximum atomic E-state index is 12.4. The third-order valence-corrected chi connectivity index (χ3v) is 4.67. The summed E-state index contributed by atoms with van der Waals surface area (Å²) in [6.45, 7) is 0. The smallest absolute Gasteiger partial charge is 0.284 e. The predicted molar refractivity (Wildman–Crippen MR) is 99.7 cm³/mol. The molecule has 0 saturated heterocycles. The molecule has 0 aliphatic heterocycles. The predicted octanol–water partition coefficient (Wildman–Crippen LogP) is 3.31. The molecule has 0 saturated carbocycles. The van der Waals surface area contributed by atoms with E-state index in [0.29, 0.717) is 21.0 Å². The van der Waals surface area contributed by atoms with Crippen molar-refractivity contribution in [2.24, 2.45) is 0 Å². The topological polar surface area (TPSA) is 116 Å². The van der Waals surface area contributed by atoms with Crippen LogP contribution in [0.1, 0.15) is 10.4 Å². The van der Waals surface area contributed by atoms with Crippen molar-refractivity contribution in [3.05, 3.63) is 62.6 Å². The van der Waals surface area contributed by atoms with Crippen LogP contribution in [0.2, 0.25) is 0 Å². The van der Waals surface area contributed by atoms with Gasteiger partial charge in [-0.2, -0.15) is 4.68 Å². The number of anilines is 1. The summed E-state index contributed by atoms with van der Waals surface area (Å²) in [7, 11) is 0. The van der Waals surface area contributed by atoms with Gasteiger partial charge in [-0.3, -0.25) is 14.9 Å². The number of nitrogens with one attached hydrogen (secondary N) is 1. The highest BCUT2D eigenvalue weighted by Crippen LogP contribution is 2.26. The van der Waals surface area contributed by atoms with Gasteiger partial charge in [0.05, 0.1) is 15.1 Å². The molecular weight excluding hydrogens is 424 g/mol. The minimum atomic E-state index is -0.552. The lowest BCUT2D eigenvalue weighted by molar-refractivity contribution is -0.385. The van der Waals surface area contributed by atoms with Gasteiger partial charge in [0.2, 0.25) is 5.16 Å². The Kier molecular flexibility index (Phi) is 5.28. The highest BCUT2D eigenvalue weighted by molar-refractivity contribution is 9.10. The number of nitro benzene ring substituents is 1. The monoisotopic (exact) mass is 434 g/mol. The van der Waals surface area contributed by atoms with Gasteiger partial charge in [0.15, 0.2) is 0 Å². The summed E-state index contributed by atoms with van der Waals surface area (Å²) >= 11 is 4.49. The lowest BCUT2D eigenvalue weighted by atomic mass is 10.2. The molecule has 9 nitrogen and oxygen atoms in total. The molecule has 132 valence electrons. The molecule has 0 atom stereocenters. The Morgan fingerprint density at radius 2 is 2.12 bits per heavy atom. The van der Waals surface area contributed by atoms with Gasteiger partial charge in [0, 0.05) is 17.3 Å². The second kappa shape index (κ2) is 7.62. The van der Waals surface area contributed by atoms with Crippen molar-refractivity contribution >= 4 is 45.0 Å². The Bertz CT molecular complexity index is 993. The quantitative estimate of drug-likeness (QED) is 0.371. The summed E-state index contributed by atoms with van der Waals surface area (Å²) in [5.41, 5.74) is 1.20. The van der Waals surface area contributed by atoms with Crippen molar-refractivity contribution in [1.82, 2.24) is 20.2 Å². The van der Waals surface area contributed by atoms with Gasteiger partial charge in [0.1, 0.15) is 0 Å². The maximum absolute atomic E-state index is 12.4. The molecule has 1 heterocycles. The van der Waals surface area contributed by atoms with E-state index < -0.39 is 10.8 Å². The minimum absolute atomic E-state index is 0.176. The van der Waals surface area contributed by atoms with Gasteiger partial charge in [0.25, 0.3) is 11.6 Å². The van der Waals surface area contributed by atoms with Gasteiger partial charge in [-0.25, -0.2) is 0 Å². The zero-order chi connectivity index (χ0) is 18.7. The molecule has 0 aliphatic rings. The van der Waals surface area contributed by atoms with Crippen molar-refractivity contribution < 1.29 is 9.72 Å². The number of hydrogen-bond acceptors (Lipinski definition) is 7. The molecule has 1 N–H and O–H groups in total. The second-order valence-electron chi connectivity index (χ2n) is 5.01. The number of aromatic nitrogens is 4. The first-order chi connectivity index (χ1) is 12.5. The van der Waals surface area contributed by atoms with Gasteiger partial charge < -0.3 is 5.32 Å². The molecule has 3 rings (SSSR count). The number of nitro groups is 1. The molecule has 0 unspecified atom stereocenters. The van der Waals surface area contributed by atoms with Crippen molar-refractivity contribution in [2.45, 2.75) is 5.16 Å². The third-order valence-electron chi connectivity index (χ3n) is 3.38. The number of halogens is 1. The zero-order valence-electron chi connectivity index (χ0n) is 13.3. The van der Waals surface area contributed by atoms with Crippen LogP contribution < -0.4 is 5.32 Å². The number of amides is 1. The highest BCUT2D eigenvalue weighted by Gasteiger charge is 2.16. The van der Waals surface area contributed by atoms with Crippen LogP contribution in [0, 0.1) is 10.1 Å². The van der Waals surface area contributed by atoms with Gasteiger partial charge >= 0.3 is 0 Å². The number of hydrogen-bond donors (Lipinski definition) is 1. The number of benzene rings is 2. The lowest BCUT2D eigenvalue weighted by Gasteiger charge is -2.08. The van der Waals surface area contributed by atoms with E-state index in [9.17, 15) is 14.9 Å². The van der Waals surface area contributed by atoms with Gasteiger partial charge in [-0.05, 0) is 62.9 Å². The van der Waals surface area contributed by atoms with Crippen LogP contribution in [0.15, 0.2) is 52.1 Å². The molecule has 3 aromatic rings. The number of nitrogens with zero attached hydrogens (tertiary/aromatic N) is 5. The summed E-state index contributed by atoms with van der Waals surface area (Å²) in [6.07, 6.45) is 1.86. The fourth-order valence-electron chi connectivity index (χ4n) is 2.18. The van der Waals surface area contributed by atoms with Crippen LogP contribution in [0.3, 0.4) is 0 Å². The van der Waals surface area contributed by atoms with E-state index >= 15 is 0 Å². The van der Waals surface area contributed by atoms with Crippen LogP contribution >= 0.6 is 27.7 Å². The Labute approximate surface area is 160 Å². The van der Waals surface area contributed by atoms with Crippen molar-refractivity contribution in [1.29, 1.82) is 0 Å². The summed E-state index contributed by atoms with van der Waals surface area (Å²) in [4.78, 5) is 22.9. The molecule has 0 fully saturated rings. The highest BCUT2D eigenvalue weighted by atomic mass is 79.9. The molecule has 0 aliphatic carbocycles. The first kappa shape index (κ1) is 18.0. The normalized spacial score (nSPS) is 10.5. The van der Waals surface area contributed by atoms with E-state index in [1.54, 1.807) is 28.9 Å². The Hall–Kier alpha value is -2.79. The van der Waals surface area contributed by atoms with E-state index in [-0.39, 0.29) is 11.3 Å². The number of carbonyl (C=O) groups excluding carboxylic acids is 1. The lowest BCUT2D eigenvalue weighted by Crippen LogP contribution is -2.12. The molecule has 0 radical (unpaired) electrons. The van der Waals surface area contributed by atoms with E-state index in [4.69, 9.17) is 0 Å². The Morgan fingerprint density at radius 3 is 2.85 bits per heavy atom. The molecule has 26 heavy (non-hydrogen) atoms. The summed E-state index contributed by atoms with van der Waals surface area (Å²) in [5.74, 6) is -0.459. The Morgan fingerprint density at radius 1 is 1.31 bits per heavy atom.